The second-order valence-electron chi connectivity index (χ2n) is 2.30. The summed E-state index contributed by atoms with van der Waals surface area (Å²) in [6, 6.07) is 0. The van der Waals surface area contributed by atoms with Crippen molar-refractivity contribution in [2.45, 2.75) is 12.7 Å². The average Bonchev–Trinajstić information content (AvgIpc) is 2.43. The van der Waals surface area contributed by atoms with Gasteiger partial charge in [-0.25, -0.2) is 9.97 Å². The minimum Gasteiger partial charge on any atom is -0.248 e. The highest BCUT2D eigenvalue weighted by Gasteiger charge is 2.06. The molecule has 0 bridgehead atoms. The molecule has 2 rings (SSSR count). The maximum Gasteiger partial charge on any atom is 0.327 e. The van der Waals surface area contributed by atoms with Gasteiger partial charge in [-0.1, -0.05) is 11.3 Å². The van der Waals surface area contributed by atoms with E-state index in [1.54, 1.807) is 22.7 Å². The van der Waals surface area contributed by atoms with E-state index in [-0.39, 0.29) is 15.2 Å². The molecule has 5 heteroatoms. The first-order chi connectivity index (χ1) is 5.29. The van der Waals surface area contributed by atoms with Gasteiger partial charge in [0.25, 0.3) is 0 Å². The van der Waals surface area contributed by atoms with E-state index in [1.165, 1.54) is 3.87 Å². The van der Waals surface area contributed by atoms with Crippen LogP contribution in [0.1, 0.15) is 5.01 Å². The van der Waals surface area contributed by atoms with Crippen molar-refractivity contribution in [3.63, 3.8) is 0 Å². The average molecular weight is 198 g/mol. The Kier molecular flexibility index (Phi) is 1.98. The van der Waals surface area contributed by atoms with Gasteiger partial charge in [-0.2, -0.15) is 0 Å². The number of aromatic nitrogens is 2. The summed E-state index contributed by atoms with van der Waals surface area (Å²) in [6.07, 6.45) is 0. The van der Waals surface area contributed by atoms with Crippen LogP contribution in [0.3, 0.4) is 0 Å². The zero-order chi connectivity index (χ0) is 7.84. The van der Waals surface area contributed by atoms with Crippen LogP contribution in [0.25, 0.3) is 9.66 Å². The van der Waals surface area contributed by atoms with Crippen LogP contribution in [0.5, 0.6) is 0 Å². The molecule has 0 aliphatic rings. The minimum absolute atomic E-state index is 0.0768. The van der Waals surface area contributed by atoms with Gasteiger partial charge in [0.1, 0.15) is 0 Å². The molecule has 11 heavy (non-hydrogen) atoms. The highest BCUT2D eigenvalue weighted by molar-refractivity contribution is 7.31. The van der Waals surface area contributed by atoms with Crippen molar-refractivity contribution in [1.29, 1.82) is 0 Å². The molecule has 0 unspecified atom stereocenters. The summed E-state index contributed by atoms with van der Waals surface area (Å²) in [6.45, 7) is 2.03. The molecule has 2 heterocycles. The van der Waals surface area contributed by atoms with Gasteiger partial charge in [0.05, 0.1) is 5.01 Å². The van der Waals surface area contributed by atoms with Gasteiger partial charge in [0.2, 0.25) is 0 Å². The lowest BCUT2D eigenvalue weighted by molar-refractivity contribution is 1.36. The lowest BCUT2D eigenvalue weighted by atomic mass is 10.8. The molecule has 0 amide bonds. The predicted octanol–water partition coefficient (Wildman–Crippen LogP) is 1.17. The van der Waals surface area contributed by atoms with E-state index in [0.717, 1.165) is 14.7 Å². The Morgan fingerprint density at radius 1 is 1.18 bits per heavy atom. The SMILES string of the molecule is [CH3][AlH][c]1nc2sc(C)nc2s1. The van der Waals surface area contributed by atoms with Crippen LogP contribution in [-0.4, -0.2) is 25.2 Å². The number of thiazole rings is 2. The first kappa shape index (κ1) is 7.69. The largest absolute Gasteiger partial charge is 0.327 e. The first-order valence-electron chi connectivity index (χ1n) is 3.52. The fourth-order valence-electron chi connectivity index (χ4n) is 0.933. The highest BCUT2D eigenvalue weighted by atomic mass is 32.1. The molecule has 2 aromatic heterocycles. The lowest BCUT2D eigenvalue weighted by Gasteiger charge is -1.78. The molecule has 0 atom stereocenters. The number of hydrogen-bond donors (Lipinski definition) is 0. The van der Waals surface area contributed by atoms with Crippen molar-refractivity contribution < 1.29 is 0 Å². The Hall–Kier alpha value is 0.0525. The first-order valence-corrected chi connectivity index (χ1v) is 7.28. The molecule has 0 aliphatic carbocycles. The van der Waals surface area contributed by atoms with Crippen LogP contribution < -0.4 is 3.87 Å². The normalized spacial score (nSPS) is 10.7. The van der Waals surface area contributed by atoms with Gasteiger partial charge in [0.15, 0.2) is 9.66 Å². The third-order valence-electron chi connectivity index (χ3n) is 1.43. The molecule has 0 N–H and O–H groups in total. The summed E-state index contributed by atoms with van der Waals surface area (Å²) in [7, 11) is 0. The van der Waals surface area contributed by atoms with Gasteiger partial charge >= 0.3 is 15.2 Å². The van der Waals surface area contributed by atoms with E-state index in [4.69, 9.17) is 0 Å². The second-order valence-corrected chi connectivity index (χ2v) is 6.44. The Labute approximate surface area is 79.0 Å². The van der Waals surface area contributed by atoms with Crippen LogP contribution in [-0.2, 0) is 0 Å². The standard InChI is InChI=1S/C5H3N2S2.CH3.Al.H/c1-3-7-5-4(9-3)6-2-8-5;;;/h1H3;1H3;;. The summed E-state index contributed by atoms with van der Waals surface area (Å²) in [5.74, 6) is 2.26. The Balaban J connectivity index is 2.64. The molecule has 0 saturated carbocycles. The monoisotopic (exact) mass is 198 g/mol. The molecule has 56 valence electrons. The fourth-order valence-corrected chi connectivity index (χ4v) is 4.10. The van der Waals surface area contributed by atoms with Crippen molar-refractivity contribution in [2.24, 2.45) is 0 Å². The molecule has 0 aliphatic heterocycles. The van der Waals surface area contributed by atoms with Gasteiger partial charge in [-0.3, -0.25) is 0 Å². The molecule has 0 spiro atoms. The number of aryl methyl sites for hydroxylation is 1. The second kappa shape index (κ2) is 2.83. The molecule has 0 radical (unpaired) electrons. The Morgan fingerprint density at radius 2 is 1.91 bits per heavy atom. The van der Waals surface area contributed by atoms with Crippen molar-refractivity contribution >= 4 is 51.4 Å². The maximum absolute atomic E-state index is 4.49. The smallest absolute Gasteiger partial charge is 0.248 e. The van der Waals surface area contributed by atoms with E-state index in [1.807, 2.05) is 6.92 Å². The summed E-state index contributed by atoms with van der Waals surface area (Å²) < 4.78 is 1.33. The Morgan fingerprint density at radius 3 is 2.55 bits per heavy atom. The topological polar surface area (TPSA) is 25.8 Å². The number of nitrogens with zero attached hydrogens (tertiary/aromatic N) is 2. The van der Waals surface area contributed by atoms with Gasteiger partial charge in [-0.05, 0) is 6.92 Å². The van der Waals surface area contributed by atoms with E-state index < -0.39 is 0 Å². The minimum atomic E-state index is -0.0768. The summed E-state index contributed by atoms with van der Waals surface area (Å²) >= 11 is 3.39. The van der Waals surface area contributed by atoms with Gasteiger partial charge in [-0.15, -0.1) is 17.1 Å². The summed E-state index contributed by atoms with van der Waals surface area (Å²) in [5.41, 5.74) is 0. The number of fused-ring (bicyclic) bond motifs is 1. The zero-order valence-electron chi connectivity index (χ0n) is 6.42. The van der Waals surface area contributed by atoms with Crippen LogP contribution in [0.15, 0.2) is 0 Å². The van der Waals surface area contributed by atoms with Crippen molar-refractivity contribution in [2.75, 3.05) is 0 Å². The molecule has 0 saturated heterocycles. The highest BCUT2D eigenvalue weighted by Crippen LogP contribution is 2.21. The fraction of sp³-hybridized carbons (Fsp3) is 0.333. The van der Waals surface area contributed by atoms with Crippen molar-refractivity contribution in [1.82, 2.24) is 9.97 Å². The molecule has 0 fully saturated rings. The van der Waals surface area contributed by atoms with Gasteiger partial charge in [0, 0.05) is 3.87 Å². The third-order valence-corrected chi connectivity index (χ3v) is 5.29. The van der Waals surface area contributed by atoms with E-state index in [0.29, 0.717) is 0 Å². The summed E-state index contributed by atoms with van der Waals surface area (Å²) in [4.78, 5) is 11.1. The van der Waals surface area contributed by atoms with E-state index in [2.05, 4.69) is 15.8 Å². The Bertz CT molecular complexity index is 347. The third kappa shape index (κ3) is 1.34. The number of hydrogen-bond acceptors (Lipinski definition) is 4. The predicted molar refractivity (Wildman–Crippen MR) is 52.7 cm³/mol. The zero-order valence-corrected chi connectivity index (χ0v) is 9.47. The van der Waals surface area contributed by atoms with Crippen LogP contribution in [0, 0.1) is 6.92 Å². The van der Waals surface area contributed by atoms with Crippen molar-refractivity contribution in [3.05, 3.63) is 5.01 Å². The number of rotatable bonds is 1. The van der Waals surface area contributed by atoms with Crippen LogP contribution >= 0.6 is 22.7 Å². The van der Waals surface area contributed by atoms with Crippen LogP contribution in [0.4, 0.5) is 0 Å². The van der Waals surface area contributed by atoms with Crippen molar-refractivity contribution in [3.8, 4) is 0 Å². The van der Waals surface area contributed by atoms with Crippen LogP contribution in [0.2, 0.25) is 5.79 Å². The lowest BCUT2D eigenvalue weighted by Crippen LogP contribution is -2.07. The molecular formula is C6H7AlN2S2. The summed E-state index contributed by atoms with van der Waals surface area (Å²) in [5, 5.41) is 1.13. The van der Waals surface area contributed by atoms with Gasteiger partial charge < -0.3 is 0 Å². The maximum atomic E-state index is 4.49. The molecule has 2 nitrogen and oxygen atoms in total. The molecular weight excluding hydrogens is 191 g/mol. The molecule has 2 aromatic rings. The van der Waals surface area contributed by atoms with E-state index >= 15 is 0 Å². The van der Waals surface area contributed by atoms with E-state index in [9.17, 15) is 0 Å². The molecule has 0 aromatic carbocycles. The quantitative estimate of drug-likeness (QED) is 0.643.